The average molecular weight is 508 g/mol. The predicted octanol–water partition coefficient (Wildman–Crippen LogP) is 3.90. The summed E-state index contributed by atoms with van der Waals surface area (Å²) in [7, 11) is 0. The summed E-state index contributed by atoms with van der Waals surface area (Å²) >= 11 is 8.50. The molecular formula is C22H26BrN3O4S. The number of thiocarbonyl (C=S) groups is 1. The van der Waals surface area contributed by atoms with Crippen LogP contribution in [0.25, 0.3) is 0 Å². The van der Waals surface area contributed by atoms with Crippen LogP contribution < -0.4 is 25.6 Å². The van der Waals surface area contributed by atoms with Crippen molar-refractivity contribution in [3.63, 3.8) is 0 Å². The minimum absolute atomic E-state index is 0.0461. The molecule has 9 heteroatoms. The molecule has 0 aromatic heterocycles. The third kappa shape index (κ3) is 8.18. The van der Waals surface area contributed by atoms with Crippen LogP contribution in [-0.4, -0.2) is 30.1 Å². The molecule has 7 nitrogen and oxygen atoms in total. The molecule has 2 amide bonds. The fourth-order valence-electron chi connectivity index (χ4n) is 2.50. The third-order valence-corrected chi connectivity index (χ3v) is 5.02. The van der Waals surface area contributed by atoms with Crippen LogP contribution in [0.3, 0.4) is 0 Å². The molecule has 0 bridgehead atoms. The van der Waals surface area contributed by atoms with Gasteiger partial charge in [0, 0.05) is 0 Å². The lowest BCUT2D eigenvalue weighted by molar-refractivity contribution is -0.123. The van der Waals surface area contributed by atoms with Gasteiger partial charge in [-0.05, 0) is 70.8 Å². The van der Waals surface area contributed by atoms with Crippen LogP contribution in [0.15, 0.2) is 46.9 Å². The number of hydrogen-bond acceptors (Lipinski definition) is 5. The van der Waals surface area contributed by atoms with Crippen LogP contribution in [0.1, 0.15) is 42.6 Å². The number of aryl methyl sites for hydroxylation is 1. The second-order valence-electron chi connectivity index (χ2n) is 6.56. The number of benzene rings is 2. The molecule has 31 heavy (non-hydrogen) atoms. The number of carbonyl (C=O) groups is 2. The maximum absolute atomic E-state index is 12.5. The SMILES string of the molecule is CCCCOc1ccccc1C(=O)NC(=S)NNC(=O)COc1ccc(CC)cc1Br. The van der Waals surface area contributed by atoms with Crippen molar-refractivity contribution in [2.45, 2.75) is 33.1 Å². The molecule has 0 saturated carbocycles. The van der Waals surface area contributed by atoms with E-state index in [9.17, 15) is 9.59 Å². The molecule has 0 saturated heterocycles. The van der Waals surface area contributed by atoms with Crippen molar-refractivity contribution >= 4 is 45.1 Å². The first kappa shape index (κ1) is 24.6. The van der Waals surface area contributed by atoms with E-state index in [1.807, 2.05) is 12.1 Å². The van der Waals surface area contributed by atoms with Crippen molar-refractivity contribution < 1.29 is 19.1 Å². The number of unbranched alkanes of at least 4 members (excludes halogenated alkanes) is 1. The second-order valence-corrected chi connectivity index (χ2v) is 7.82. The lowest BCUT2D eigenvalue weighted by Gasteiger charge is -2.14. The Morgan fingerprint density at radius 3 is 2.52 bits per heavy atom. The second kappa shape index (κ2) is 12.9. The summed E-state index contributed by atoms with van der Waals surface area (Å²) in [4.78, 5) is 24.5. The van der Waals surface area contributed by atoms with E-state index in [0.29, 0.717) is 23.7 Å². The normalized spacial score (nSPS) is 10.2. The van der Waals surface area contributed by atoms with E-state index in [4.69, 9.17) is 21.7 Å². The van der Waals surface area contributed by atoms with Crippen LogP contribution in [0, 0.1) is 0 Å². The van der Waals surface area contributed by atoms with Gasteiger partial charge in [-0.15, -0.1) is 0 Å². The minimum atomic E-state index is -0.452. The molecule has 2 aromatic rings. The molecule has 0 unspecified atom stereocenters. The number of hydrogen-bond donors (Lipinski definition) is 3. The lowest BCUT2D eigenvalue weighted by atomic mass is 10.2. The standard InChI is InChI=1S/C22H26BrN3O4S/c1-3-5-12-29-18-9-7-6-8-16(18)21(28)24-22(31)26-25-20(27)14-30-19-11-10-15(4-2)13-17(19)23/h6-11,13H,3-5,12,14H2,1-2H3,(H,25,27)(H2,24,26,28,31). The topological polar surface area (TPSA) is 88.7 Å². The number of para-hydroxylation sites is 1. The monoisotopic (exact) mass is 507 g/mol. The number of hydrazine groups is 1. The van der Waals surface area contributed by atoms with Gasteiger partial charge < -0.3 is 9.47 Å². The van der Waals surface area contributed by atoms with E-state index in [1.54, 1.807) is 30.3 Å². The molecule has 2 aromatic carbocycles. The van der Waals surface area contributed by atoms with Gasteiger partial charge in [0.05, 0.1) is 16.6 Å². The molecule has 0 aliphatic rings. The molecular weight excluding hydrogens is 482 g/mol. The van der Waals surface area contributed by atoms with Crippen molar-refractivity contribution in [2.24, 2.45) is 0 Å². The van der Waals surface area contributed by atoms with Crippen molar-refractivity contribution in [3.05, 3.63) is 58.1 Å². The Balaban J connectivity index is 1.80. The first-order valence-electron chi connectivity index (χ1n) is 9.97. The Morgan fingerprint density at radius 1 is 1.03 bits per heavy atom. The third-order valence-electron chi connectivity index (χ3n) is 4.19. The van der Waals surface area contributed by atoms with E-state index in [-0.39, 0.29) is 11.7 Å². The van der Waals surface area contributed by atoms with Crippen molar-refractivity contribution in [3.8, 4) is 11.5 Å². The average Bonchev–Trinajstić information content (AvgIpc) is 2.77. The zero-order valence-corrected chi connectivity index (χ0v) is 19.9. The van der Waals surface area contributed by atoms with Crippen LogP contribution in [0.5, 0.6) is 11.5 Å². The number of halogens is 1. The Kier molecular flexibility index (Phi) is 10.3. The summed E-state index contributed by atoms with van der Waals surface area (Å²) in [5.41, 5.74) is 6.40. The molecule has 0 spiro atoms. The summed E-state index contributed by atoms with van der Waals surface area (Å²) in [5.74, 6) is 0.151. The van der Waals surface area contributed by atoms with Crippen LogP contribution in [0.4, 0.5) is 0 Å². The zero-order chi connectivity index (χ0) is 22.6. The van der Waals surface area contributed by atoms with Crippen molar-refractivity contribution in [1.29, 1.82) is 0 Å². The largest absolute Gasteiger partial charge is 0.493 e. The van der Waals surface area contributed by atoms with Gasteiger partial charge in [-0.3, -0.25) is 25.8 Å². The van der Waals surface area contributed by atoms with Gasteiger partial charge in [-0.2, -0.15) is 0 Å². The van der Waals surface area contributed by atoms with Gasteiger partial charge in [0.25, 0.3) is 11.8 Å². The fraction of sp³-hybridized carbons (Fsp3) is 0.318. The summed E-state index contributed by atoms with van der Waals surface area (Å²) < 4.78 is 11.9. The van der Waals surface area contributed by atoms with E-state index in [2.05, 4.69) is 45.9 Å². The van der Waals surface area contributed by atoms with Crippen LogP contribution >= 0.6 is 28.1 Å². The first-order valence-corrected chi connectivity index (χ1v) is 11.2. The van der Waals surface area contributed by atoms with Gasteiger partial charge in [0.1, 0.15) is 11.5 Å². The highest BCUT2D eigenvalue weighted by Gasteiger charge is 2.14. The Labute approximate surface area is 196 Å². The number of amides is 2. The van der Waals surface area contributed by atoms with Crippen LogP contribution in [0.2, 0.25) is 0 Å². The fourth-order valence-corrected chi connectivity index (χ4v) is 3.18. The smallest absolute Gasteiger partial charge is 0.276 e. The first-order chi connectivity index (χ1) is 14.9. The molecule has 0 radical (unpaired) electrons. The van der Waals surface area contributed by atoms with E-state index >= 15 is 0 Å². The molecule has 3 N–H and O–H groups in total. The Morgan fingerprint density at radius 2 is 1.81 bits per heavy atom. The van der Waals surface area contributed by atoms with Gasteiger partial charge in [0.15, 0.2) is 11.7 Å². The quantitative estimate of drug-likeness (QED) is 0.271. The van der Waals surface area contributed by atoms with E-state index < -0.39 is 11.8 Å². The number of carbonyl (C=O) groups excluding carboxylic acids is 2. The molecule has 0 aliphatic heterocycles. The molecule has 0 fully saturated rings. The zero-order valence-electron chi connectivity index (χ0n) is 17.5. The van der Waals surface area contributed by atoms with Gasteiger partial charge in [-0.25, -0.2) is 0 Å². The van der Waals surface area contributed by atoms with Crippen molar-refractivity contribution in [2.75, 3.05) is 13.2 Å². The van der Waals surface area contributed by atoms with Crippen molar-refractivity contribution in [1.82, 2.24) is 16.2 Å². The minimum Gasteiger partial charge on any atom is -0.493 e. The van der Waals surface area contributed by atoms with Gasteiger partial charge >= 0.3 is 0 Å². The highest BCUT2D eigenvalue weighted by molar-refractivity contribution is 9.10. The Bertz CT molecular complexity index is 923. The maximum Gasteiger partial charge on any atom is 0.276 e. The predicted molar refractivity (Wildman–Crippen MR) is 127 cm³/mol. The summed E-state index contributed by atoms with van der Waals surface area (Å²) in [5, 5.41) is 2.47. The number of ether oxygens (including phenoxy) is 2. The summed E-state index contributed by atoms with van der Waals surface area (Å²) in [6.07, 6.45) is 2.79. The summed E-state index contributed by atoms with van der Waals surface area (Å²) in [6, 6.07) is 12.6. The van der Waals surface area contributed by atoms with Gasteiger partial charge in [0.2, 0.25) is 0 Å². The molecule has 0 heterocycles. The molecule has 2 rings (SSSR count). The maximum atomic E-state index is 12.5. The number of nitrogens with one attached hydrogen (secondary N) is 3. The molecule has 0 aliphatic carbocycles. The number of rotatable bonds is 9. The van der Waals surface area contributed by atoms with E-state index in [1.165, 1.54) is 0 Å². The van der Waals surface area contributed by atoms with Gasteiger partial charge in [-0.1, -0.05) is 38.5 Å². The highest BCUT2D eigenvalue weighted by Crippen LogP contribution is 2.26. The molecule has 0 atom stereocenters. The van der Waals surface area contributed by atoms with Crippen LogP contribution in [-0.2, 0) is 11.2 Å². The molecule has 166 valence electrons. The van der Waals surface area contributed by atoms with E-state index in [0.717, 1.165) is 29.3 Å². The highest BCUT2D eigenvalue weighted by atomic mass is 79.9. The summed E-state index contributed by atoms with van der Waals surface area (Å²) in [6.45, 7) is 4.42. The lowest BCUT2D eigenvalue weighted by Crippen LogP contribution is -2.49. The Hall–Kier alpha value is -2.65.